The highest BCUT2D eigenvalue weighted by molar-refractivity contribution is 7.93. The van der Waals surface area contributed by atoms with Crippen LogP contribution in [-0.2, 0) is 10.0 Å². The van der Waals surface area contributed by atoms with Crippen molar-refractivity contribution in [1.29, 1.82) is 0 Å². The number of amides is 1. The molecule has 1 unspecified atom stereocenters. The van der Waals surface area contributed by atoms with Crippen LogP contribution in [0.15, 0.2) is 84.1 Å². The van der Waals surface area contributed by atoms with Gasteiger partial charge in [-0.3, -0.25) is 24.3 Å². The minimum atomic E-state index is -4.10. The fraction of sp³-hybridized carbons (Fsp3) is 0.185. The van der Waals surface area contributed by atoms with Gasteiger partial charge >= 0.3 is 0 Å². The van der Waals surface area contributed by atoms with Gasteiger partial charge in [0.05, 0.1) is 11.2 Å². The number of Topliss-reactive ketones (excluding diaryl/α,β-unsaturated/α-hetero) is 1. The average Bonchev–Trinajstić information content (AvgIpc) is 3.19. The minimum Gasteiger partial charge on any atom is -0.506 e. The van der Waals surface area contributed by atoms with Crippen LogP contribution >= 0.6 is 0 Å². The van der Waals surface area contributed by atoms with Gasteiger partial charge in [0.25, 0.3) is 15.9 Å². The van der Waals surface area contributed by atoms with E-state index in [9.17, 15) is 23.1 Å². The summed E-state index contributed by atoms with van der Waals surface area (Å²) < 4.78 is 28.7. The molecule has 0 radical (unpaired) electrons. The van der Waals surface area contributed by atoms with Crippen LogP contribution < -0.4 is 10.0 Å². The second kappa shape index (κ2) is 10.6. The van der Waals surface area contributed by atoms with Gasteiger partial charge in [0.2, 0.25) is 0 Å². The van der Waals surface area contributed by atoms with Crippen molar-refractivity contribution in [1.82, 2.24) is 20.2 Å². The monoisotopic (exact) mass is 531 g/mol. The summed E-state index contributed by atoms with van der Waals surface area (Å²) in [6.07, 6.45) is 5.20. The zero-order valence-electron chi connectivity index (χ0n) is 20.2. The molecular weight excluding hydrogens is 506 g/mol. The third-order valence-electron chi connectivity index (χ3n) is 6.37. The van der Waals surface area contributed by atoms with Gasteiger partial charge in [-0.15, -0.1) is 0 Å². The van der Waals surface area contributed by atoms with Crippen molar-refractivity contribution in [3.63, 3.8) is 0 Å². The van der Waals surface area contributed by atoms with Gasteiger partial charge in [0.15, 0.2) is 5.78 Å². The number of carbonyl (C=O) groups excluding carboxylic acids is 2. The molecule has 0 spiro atoms. The first-order chi connectivity index (χ1) is 18.3. The number of nitrogens with zero attached hydrogens (tertiary/aromatic N) is 3. The third kappa shape index (κ3) is 5.06. The van der Waals surface area contributed by atoms with Crippen molar-refractivity contribution < 1.29 is 23.1 Å². The molecule has 0 aliphatic carbocycles. The molecule has 1 atom stereocenters. The van der Waals surface area contributed by atoms with E-state index in [1.54, 1.807) is 36.4 Å². The number of anilines is 1. The molecule has 1 saturated heterocycles. The number of phenols is 1. The number of nitrogens with one attached hydrogen (secondary N) is 2. The lowest BCUT2D eigenvalue weighted by Crippen LogP contribution is -2.48. The second-order valence-electron chi connectivity index (χ2n) is 8.84. The highest BCUT2D eigenvalue weighted by atomic mass is 32.2. The van der Waals surface area contributed by atoms with E-state index in [0.717, 1.165) is 0 Å². The van der Waals surface area contributed by atoms with E-state index in [2.05, 4.69) is 20.0 Å². The molecule has 1 amide bonds. The number of sulfonamides is 1. The lowest BCUT2D eigenvalue weighted by molar-refractivity contribution is 0.0626. The minimum absolute atomic E-state index is 0.0373. The summed E-state index contributed by atoms with van der Waals surface area (Å²) in [5.41, 5.74) is 0.790. The molecule has 3 N–H and O–H groups in total. The van der Waals surface area contributed by atoms with Crippen molar-refractivity contribution in [2.75, 3.05) is 24.4 Å². The SMILES string of the molecule is O=C(c1ccncc1)C1CNCCCN1C(=O)c1ccc(NS(=O)(=O)c2cccc3cccnc23)c(O)c1. The molecule has 3 heterocycles. The summed E-state index contributed by atoms with van der Waals surface area (Å²) in [5, 5.41) is 14.5. The number of carbonyl (C=O) groups is 2. The Morgan fingerprint density at radius 3 is 2.58 bits per heavy atom. The zero-order valence-corrected chi connectivity index (χ0v) is 21.1. The number of fused-ring (bicyclic) bond motifs is 1. The first-order valence-electron chi connectivity index (χ1n) is 12.0. The van der Waals surface area contributed by atoms with Gasteiger partial charge in [-0.1, -0.05) is 18.2 Å². The molecule has 5 rings (SSSR count). The lowest BCUT2D eigenvalue weighted by atomic mass is 10.0. The van der Waals surface area contributed by atoms with E-state index in [4.69, 9.17) is 0 Å². The number of ketones is 1. The first-order valence-corrected chi connectivity index (χ1v) is 13.5. The summed E-state index contributed by atoms with van der Waals surface area (Å²) in [5.74, 6) is -1.07. The van der Waals surface area contributed by atoms with Crippen molar-refractivity contribution in [3.8, 4) is 5.75 Å². The van der Waals surface area contributed by atoms with Crippen LogP contribution in [0.1, 0.15) is 27.1 Å². The van der Waals surface area contributed by atoms with E-state index in [0.29, 0.717) is 36.0 Å². The predicted molar refractivity (Wildman–Crippen MR) is 142 cm³/mol. The van der Waals surface area contributed by atoms with Gasteiger partial charge in [-0.25, -0.2) is 8.42 Å². The maximum Gasteiger partial charge on any atom is 0.264 e. The van der Waals surface area contributed by atoms with Crippen molar-refractivity contribution >= 4 is 38.3 Å². The Morgan fingerprint density at radius 1 is 1.00 bits per heavy atom. The van der Waals surface area contributed by atoms with E-state index < -0.39 is 27.7 Å². The van der Waals surface area contributed by atoms with Gasteiger partial charge in [0.1, 0.15) is 16.7 Å². The lowest BCUT2D eigenvalue weighted by Gasteiger charge is -2.29. The number of benzene rings is 2. The van der Waals surface area contributed by atoms with Crippen LogP contribution in [0.25, 0.3) is 10.9 Å². The van der Waals surface area contributed by atoms with E-state index in [-0.39, 0.29) is 28.5 Å². The molecule has 2 aromatic heterocycles. The summed E-state index contributed by atoms with van der Waals surface area (Å²) >= 11 is 0. The molecular formula is C27H25N5O5S. The van der Waals surface area contributed by atoms with Crippen LogP contribution in [0.4, 0.5) is 5.69 Å². The van der Waals surface area contributed by atoms with Gasteiger partial charge in [0, 0.05) is 48.2 Å². The fourth-order valence-corrected chi connectivity index (χ4v) is 5.73. The van der Waals surface area contributed by atoms with Crippen LogP contribution in [0.5, 0.6) is 5.75 Å². The van der Waals surface area contributed by atoms with Crippen molar-refractivity contribution in [2.24, 2.45) is 0 Å². The molecule has 10 nitrogen and oxygen atoms in total. The van der Waals surface area contributed by atoms with Crippen LogP contribution in [-0.4, -0.2) is 65.8 Å². The summed E-state index contributed by atoms with van der Waals surface area (Å²) in [4.78, 5) is 36.3. The Balaban J connectivity index is 1.40. The van der Waals surface area contributed by atoms with Gasteiger partial charge in [-0.05, 0) is 55.4 Å². The average molecular weight is 532 g/mol. The number of para-hydroxylation sites is 1. The quantitative estimate of drug-likeness (QED) is 0.255. The van der Waals surface area contributed by atoms with E-state index >= 15 is 0 Å². The largest absolute Gasteiger partial charge is 0.506 e. The molecule has 1 aliphatic rings. The molecule has 194 valence electrons. The molecule has 1 fully saturated rings. The van der Waals surface area contributed by atoms with E-state index in [1.165, 1.54) is 47.8 Å². The second-order valence-corrected chi connectivity index (χ2v) is 10.5. The number of hydrogen-bond acceptors (Lipinski definition) is 8. The highest BCUT2D eigenvalue weighted by Gasteiger charge is 2.32. The Morgan fingerprint density at radius 2 is 1.79 bits per heavy atom. The molecule has 2 aromatic carbocycles. The Labute approximate surface area is 219 Å². The standard InChI is InChI=1S/C27H25N5O5S/c33-23-16-20(27(35)32-15-3-11-29-17-22(32)26(34)19-9-13-28-14-10-19)7-8-21(23)31-38(36,37)24-6-1-4-18-5-2-12-30-25(18)24/h1-2,4-10,12-14,16,22,29,31,33H,3,11,15,17H2. The molecule has 11 heteroatoms. The van der Waals surface area contributed by atoms with Crippen LogP contribution in [0.3, 0.4) is 0 Å². The number of rotatable bonds is 6. The van der Waals surface area contributed by atoms with E-state index in [1.807, 2.05) is 0 Å². The fourth-order valence-electron chi connectivity index (χ4n) is 4.47. The Bertz CT molecular complexity index is 1610. The van der Waals surface area contributed by atoms with Gasteiger partial charge in [-0.2, -0.15) is 0 Å². The van der Waals surface area contributed by atoms with Crippen LogP contribution in [0.2, 0.25) is 0 Å². The maximum atomic E-state index is 13.5. The number of pyridine rings is 2. The summed E-state index contributed by atoms with van der Waals surface area (Å²) in [6, 6.07) is 14.7. The number of hydrogen-bond donors (Lipinski definition) is 3. The van der Waals surface area contributed by atoms with Crippen molar-refractivity contribution in [2.45, 2.75) is 17.4 Å². The Kier molecular flexibility index (Phi) is 7.03. The number of phenolic OH excluding ortho intramolecular Hbond substituents is 1. The molecule has 0 bridgehead atoms. The smallest absolute Gasteiger partial charge is 0.264 e. The van der Waals surface area contributed by atoms with Crippen LogP contribution in [0, 0.1) is 0 Å². The third-order valence-corrected chi connectivity index (χ3v) is 7.77. The number of aromatic nitrogens is 2. The topological polar surface area (TPSA) is 142 Å². The predicted octanol–water partition coefficient (Wildman–Crippen LogP) is 2.82. The normalized spacial score (nSPS) is 16.1. The molecule has 0 saturated carbocycles. The molecule has 4 aromatic rings. The molecule has 1 aliphatic heterocycles. The maximum absolute atomic E-state index is 13.5. The molecule has 38 heavy (non-hydrogen) atoms. The Hall–Kier alpha value is -4.35. The number of aromatic hydroxyl groups is 1. The first kappa shape index (κ1) is 25.3. The summed E-state index contributed by atoms with van der Waals surface area (Å²) in [6.45, 7) is 1.28. The summed E-state index contributed by atoms with van der Waals surface area (Å²) in [7, 11) is -4.10. The van der Waals surface area contributed by atoms with Gasteiger partial charge < -0.3 is 15.3 Å². The van der Waals surface area contributed by atoms with Crippen molar-refractivity contribution in [3.05, 3.63) is 90.4 Å². The zero-order chi connectivity index (χ0) is 26.7. The highest BCUT2D eigenvalue weighted by Crippen LogP contribution is 2.30.